The molecule has 1 aromatic rings. The van der Waals surface area contributed by atoms with Gasteiger partial charge in [0.05, 0.1) is 12.2 Å². The standard InChI is InChI=1S/C20H39N5O/c1-8-15(9-2)18(25(6)7)14-23-20(21-12-5)22-13-16-17(10-3)24-26-19(16)11-4/h15,18H,8-14H2,1-7H3,(H2,21,22,23). The van der Waals surface area contributed by atoms with E-state index in [0.29, 0.717) is 18.5 Å². The molecule has 1 aromatic heterocycles. The molecule has 1 rings (SSSR count). The van der Waals surface area contributed by atoms with Crippen molar-refractivity contribution in [2.24, 2.45) is 10.9 Å². The van der Waals surface area contributed by atoms with Crippen molar-refractivity contribution in [1.82, 2.24) is 20.7 Å². The first kappa shape index (κ1) is 22.5. The molecule has 0 amide bonds. The average molecular weight is 366 g/mol. The maximum Gasteiger partial charge on any atom is 0.191 e. The summed E-state index contributed by atoms with van der Waals surface area (Å²) in [7, 11) is 4.32. The zero-order valence-electron chi connectivity index (χ0n) is 17.9. The van der Waals surface area contributed by atoms with Crippen LogP contribution in [-0.2, 0) is 19.4 Å². The molecule has 0 fully saturated rings. The third kappa shape index (κ3) is 6.31. The SMILES string of the molecule is CCNC(=NCc1c(CC)noc1CC)NCC(C(CC)CC)N(C)C. The predicted octanol–water partition coefficient (Wildman–Crippen LogP) is 3.22. The van der Waals surface area contributed by atoms with Crippen LogP contribution in [0.25, 0.3) is 0 Å². The van der Waals surface area contributed by atoms with E-state index in [2.05, 4.69) is 69.4 Å². The summed E-state index contributed by atoms with van der Waals surface area (Å²) in [5, 5.41) is 11.1. The zero-order chi connectivity index (χ0) is 19.5. The summed E-state index contributed by atoms with van der Waals surface area (Å²) in [6, 6.07) is 0.488. The maximum atomic E-state index is 5.45. The summed E-state index contributed by atoms with van der Waals surface area (Å²) in [4.78, 5) is 7.11. The van der Waals surface area contributed by atoms with Gasteiger partial charge in [-0.1, -0.05) is 45.7 Å². The zero-order valence-corrected chi connectivity index (χ0v) is 17.9. The monoisotopic (exact) mass is 365 g/mol. The van der Waals surface area contributed by atoms with Gasteiger partial charge in [0.15, 0.2) is 5.96 Å². The highest BCUT2D eigenvalue weighted by Crippen LogP contribution is 2.18. The highest BCUT2D eigenvalue weighted by Gasteiger charge is 2.21. The number of hydrogen-bond donors (Lipinski definition) is 2. The summed E-state index contributed by atoms with van der Waals surface area (Å²) >= 11 is 0. The largest absolute Gasteiger partial charge is 0.361 e. The summed E-state index contributed by atoms with van der Waals surface area (Å²) in [5.74, 6) is 2.48. The lowest BCUT2D eigenvalue weighted by atomic mass is 9.93. The smallest absolute Gasteiger partial charge is 0.191 e. The van der Waals surface area contributed by atoms with Gasteiger partial charge in [0.25, 0.3) is 0 Å². The van der Waals surface area contributed by atoms with E-state index in [9.17, 15) is 0 Å². The number of hydrogen-bond acceptors (Lipinski definition) is 4. The van der Waals surface area contributed by atoms with Crippen LogP contribution in [0.5, 0.6) is 0 Å². The number of rotatable bonds is 11. The molecule has 0 radical (unpaired) electrons. The van der Waals surface area contributed by atoms with Gasteiger partial charge in [-0.05, 0) is 33.4 Å². The molecule has 0 aliphatic rings. The molecule has 0 aliphatic heterocycles. The molecule has 26 heavy (non-hydrogen) atoms. The second kappa shape index (κ2) is 11.9. The molecule has 1 unspecified atom stereocenters. The van der Waals surface area contributed by atoms with Crippen LogP contribution in [-0.4, -0.2) is 49.2 Å². The van der Waals surface area contributed by atoms with E-state index in [0.717, 1.165) is 48.9 Å². The third-order valence-electron chi connectivity index (χ3n) is 5.08. The fourth-order valence-electron chi connectivity index (χ4n) is 3.42. The minimum atomic E-state index is 0.488. The van der Waals surface area contributed by atoms with Crippen molar-refractivity contribution >= 4 is 5.96 Å². The van der Waals surface area contributed by atoms with Gasteiger partial charge < -0.3 is 20.1 Å². The molecule has 0 spiro atoms. The van der Waals surface area contributed by atoms with Crippen LogP contribution in [0.2, 0.25) is 0 Å². The lowest BCUT2D eigenvalue weighted by Gasteiger charge is -2.32. The second-order valence-electron chi connectivity index (χ2n) is 6.92. The molecule has 2 N–H and O–H groups in total. The van der Waals surface area contributed by atoms with Gasteiger partial charge in [-0.25, -0.2) is 4.99 Å². The van der Waals surface area contributed by atoms with E-state index in [4.69, 9.17) is 9.52 Å². The number of guanidine groups is 1. The Morgan fingerprint density at radius 1 is 1.08 bits per heavy atom. The Labute approximate surface area is 159 Å². The predicted molar refractivity (Wildman–Crippen MR) is 110 cm³/mol. The highest BCUT2D eigenvalue weighted by atomic mass is 16.5. The van der Waals surface area contributed by atoms with Gasteiger partial charge in [-0.2, -0.15) is 0 Å². The van der Waals surface area contributed by atoms with E-state index in [-0.39, 0.29) is 0 Å². The Bertz CT molecular complexity index is 513. The van der Waals surface area contributed by atoms with E-state index in [1.165, 1.54) is 12.8 Å². The van der Waals surface area contributed by atoms with Crippen molar-refractivity contribution in [2.45, 2.75) is 72.9 Å². The molecule has 6 nitrogen and oxygen atoms in total. The van der Waals surface area contributed by atoms with E-state index in [1.807, 2.05) is 0 Å². The normalized spacial score (nSPS) is 13.5. The van der Waals surface area contributed by atoms with Crippen molar-refractivity contribution in [1.29, 1.82) is 0 Å². The Balaban J connectivity index is 2.84. The molecule has 6 heteroatoms. The molecular weight excluding hydrogens is 326 g/mol. The van der Waals surface area contributed by atoms with Gasteiger partial charge in [0.2, 0.25) is 0 Å². The number of nitrogens with zero attached hydrogens (tertiary/aromatic N) is 3. The summed E-state index contributed by atoms with van der Waals surface area (Å²) in [5.41, 5.74) is 2.15. The van der Waals surface area contributed by atoms with Gasteiger partial charge in [0, 0.05) is 31.1 Å². The number of likely N-dealkylation sites (N-methyl/N-ethyl adjacent to an activating group) is 1. The second-order valence-corrected chi connectivity index (χ2v) is 6.92. The summed E-state index contributed by atoms with van der Waals surface area (Å²) in [6.45, 7) is 13.2. The first-order valence-electron chi connectivity index (χ1n) is 10.2. The Morgan fingerprint density at radius 2 is 1.77 bits per heavy atom. The number of aromatic nitrogens is 1. The Hall–Kier alpha value is -1.56. The molecule has 150 valence electrons. The van der Waals surface area contributed by atoms with Crippen molar-refractivity contribution < 1.29 is 4.52 Å². The average Bonchev–Trinajstić information content (AvgIpc) is 3.04. The molecule has 1 heterocycles. The molecule has 0 aromatic carbocycles. The molecule has 0 bridgehead atoms. The van der Waals surface area contributed by atoms with Crippen molar-refractivity contribution in [3.8, 4) is 0 Å². The van der Waals surface area contributed by atoms with Gasteiger partial charge in [0.1, 0.15) is 5.76 Å². The van der Waals surface area contributed by atoms with Crippen LogP contribution in [0, 0.1) is 5.92 Å². The van der Waals surface area contributed by atoms with Crippen LogP contribution in [0.4, 0.5) is 0 Å². The van der Waals surface area contributed by atoms with Crippen LogP contribution in [0.15, 0.2) is 9.52 Å². The maximum absolute atomic E-state index is 5.45. The topological polar surface area (TPSA) is 65.7 Å². The highest BCUT2D eigenvalue weighted by molar-refractivity contribution is 5.79. The fraction of sp³-hybridized carbons (Fsp3) is 0.800. The van der Waals surface area contributed by atoms with Crippen molar-refractivity contribution in [2.75, 3.05) is 27.2 Å². The van der Waals surface area contributed by atoms with E-state index in [1.54, 1.807) is 0 Å². The van der Waals surface area contributed by atoms with Gasteiger partial charge in [-0.15, -0.1) is 0 Å². The molecular formula is C20H39N5O. The Morgan fingerprint density at radius 3 is 2.27 bits per heavy atom. The number of aryl methyl sites for hydroxylation is 2. The Kier molecular flexibility index (Phi) is 10.3. The van der Waals surface area contributed by atoms with E-state index >= 15 is 0 Å². The van der Waals surface area contributed by atoms with Crippen LogP contribution in [0.1, 0.15) is 64.5 Å². The lowest BCUT2D eigenvalue weighted by molar-refractivity contribution is 0.200. The fourth-order valence-corrected chi connectivity index (χ4v) is 3.42. The summed E-state index contributed by atoms with van der Waals surface area (Å²) < 4.78 is 5.45. The van der Waals surface area contributed by atoms with Crippen LogP contribution in [0.3, 0.4) is 0 Å². The molecule has 0 saturated carbocycles. The number of aliphatic imine (C=N–C) groups is 1. The molecule has 1 atom stereocenters. The first-order chi connectivity index (χ1) is 12.5. The minimum absolute atomic E-state index is 0.488. The van der Waals surface area contributed by atoms with Crippen molar-refractivity contribution in [3.63, 3.8) is 0 Å². The molecule has 0 saturated heterocycles. The van der Waals surface area contributed by atoms with Gasteiger partial charge in [-0.3, -0.25) is 0 Å². The minimum Gasteiger partial charge on any atom is -0.361 e. The lowest BCUT2D eigenvalue weighted by Crippen LogP contribution is -2.48. The van der Waals surface area contributed by atoms with Gasteiger partial charge >= 0.3 is 0 Å². The number of nitrogens with one attached hydrogen (secondary N) is 2. The van der Waals surface area contributed by atoms with Crippen LogP contribution >= 0.6 is 0 Å². The quantitative estimate of drug-likeness (QED) is 0.466. The van der Waals surface area contributed by atoms with Crippen LogP contribution < -0.4 is 10.6 Å². The summed E-state index contributed by atoms with van der Waals surface area (Å²) in [6.07, 6.45) is 4.10. The molecule has 0 aliphatic carbocycles. The third-order valence-corrected chi connectivity index (χ3v) is 5.08. The van der Waals surface area contributed by atoms with E-state index < -0.39 is 0 Å². The first-order valence-corrected chi connectivity index (χ1v) is 10.2. The van der Waals surface area contributed by atoms with Crippen molar-refractivity contribution in [3.05, 3.63) is 17.0 Å².